The van der Waals surface area contributed by atoms with E-state index in [9.17, 15) is 23.2 Å². The van der Waals surface area contributed by atoms with Crippen LogP contribution >= 0.6 is 23.1 Å². The topological polar surface area (TPSA) is 58.7 Å². The fraction of sp³-hybridized carbons (Fsp3) is 0.240. The Kier molecular flexibility index (Phi) is 5.96. The number of nitrogens with zero attached hydrogens (tertiary/aromatic N) is 3. The Morgan fingerprint density at radius 3 is 2.62 bits per heavy atom. The number of aryl methyl sites for hydroxylation is 2. The van der Waals surface area contributed by atoms with Gasteiger partial charge in [0.25, 0.3) is 5.56 Å². The summed E-state index contributed by atoms with van der Waals surface area (Å²) in [7, 11) is 0. The fourth-order valence-electron chi connectivity index (χ4n) is 4.30. The molecule has 0 aliphatic heterocycles. The number of aromatic nitrogens is 2. The minimum Gasteiger partial charge on any atom is -0.268 e. The van der Waals surface area contributed by atoms with Crippen molar-refractivity contribution in [2.75, 3.05) is 0 Å². The van der Waals surface area contributed by atoms with E-state index >= 15 is 0 Å². The van der Waals surface area contributed by atoms with Gasteiger partial charge in [-0.15, -0.1) is 11.3 Å². The molecule has 2 aromatic carbocycles. The van der Waals surface area contributed by atoms with Crippen LogP contribution in [0.3, 0.4) is 0 Å². The summed E-state index contributed by atoms with van der Waals surface area (Å²) in [6, 6.07) is 14.3. The highest BCUT2D eigenvalue weighted by Gasteiger charge is 2.35. The van der Waals surface area contributed by atoms with Gasteiger partial charge in [-0.2, -0.15) is 18.4 Å². The number of para-hydroxylation sites is 1. The molecular weight excluding hydrogens is 479 g/mol. The van der Waals surface area contributed by atoms with Crippen molar-refractivity contribution >= 4 is 33.3 Å². The van der Waals surface area contributed by atoms with Gasteiger partial charge in [0.15, 0.2) is 5.16 Å². The van der Waals surface area contributed by atoms with Crippen LogP contribution in [-0.2, 0) is 24.8 Å². The second-order valence-corrected chi connectivity index (χ2v) is 10.0. The predicted octanol–water partition coefficient (Wildman–Crippen LogP) is 6.51. The standard InChI is InChI=1S/C25H18F3N3OS2/c26-25(27,28)18-10-4-5-11-19(18)31-23(32)21-17-9-3-6-12-20(17)34-22(21)30-24(31)33-14-16-8-2-1-7-15(16)13-29/h1-2,4-5,7-8,10-11H,3,6,9,12,14H2. The summed E-state index contributed by atoms with van der Waals surface area (Å²) < 4.78 is 42.8. The van der Waals surface area contributed by atoms with Crippen molar-refractivity contribution in [2.24, 2.45) is 0 Å². The molecule has 0 N–H and O–H groups in total. The van der Waals surface area contributed by atoms with Crippen LogP contribution in [0.25, 0.3) is 15.9 Å². The molecule has 0 saturated carbocycles. The molecule has 4 nitrogen and oxygen atoms in total. The van der Waals surface area contributed by atoms with E-state index in [1.165, 1.54) is 29.5 Å². The van der Waals surface area contributed by atoms with E-state index in [2.05, 4.69) is 6.07 Å². The van der Waals surface area contributed by atoms with Crippen molar-refractivity contribution in [3.05, 3.63) is 86.0 Å². The quantitative estimate of drug-likeness (QED) is 0.238. The summed E-state index contributed by atoms with van der Waals surface area (Å²) in [5, 5.41) is 10.0. The zero-order valence-corrected chi connectivity index (χ0v) is 19.5. The van der Waals surface area contributed by atoms with Gasteiger partial charge >= 0.3 is 6.18 Å². The molecule has 2 heterocycles. The number of alkyl halides is 3. The van der Waals surface area contributed by atoms with E-state index in [1.54, 1.807) is 24.3 Å². The Bertz CT molecular complexity index is 1500. The molecular formula is C25H18F3N3OS2. The highest BCUT2D eigenvalue weighted by molar-refractivity contribution is 7.98. The first kappa shape index (κ1) is 22.7. The Morgan fingerprint density at radius 1 is 1.09 bits per heavy atom. The van der Waals surface area contributed by atoms with E-state index in [1.807, 2.05) is 0 Å². The maximum atomic E-state index is 13.9. The van der Waals surface area contributed by atoms with E-state index in [4.69, 9.17) is 4.98 Å². The molecule has 4 aromatic rings. The first-order valence-corrected chi connectivity index (χ1v) is 12.5. The Morgan fingerprint density at radius 2 is 1.82 bits per heavy atom. The molecule has 0 fully saturated rings. The van der Waals surface area contributed by atoms with Crippen molar-refractivity contribution in [1.29, 1.82) is 5.26 Å². The number of fused-ring (bicyclic) bond motifs is 3. The summed E-state index contributed by atoms with van der Waals surface area (Å²) in [5.41, 5.74) is 0.533. The first-order valence-electron chi connectivity index (χ1n) is 10.7. The van der Waals surface area contributed by atoms with Crippen molar-refractivity contribution in [2.45, 2.75) is 42.8 Å². The van der Waals surface area contributed by atoms with Crippen molar-refractivity contribution in [3.63, 3.8) is 0 Å². The van der Waals surface area contributed by atoms with Crippen LogP contribution in [0.1, 0.15) is 40.0 Å². The summed E-state index contributed by atoms with van der Waals surface area (Å²) in [6.45, 7) is 0. The molecule has 0 amide bonds. The molecule has 5 rings (SSSR count). The Labute approximate surface area is 201 Å². The van der Waals surface area contributed by atoms with Crippen LogP contribution in [0.4, 0.5) is 13.2 Å². The first-order chi connectivity index (χ1) is 16.4. The average Bonchev–Trinajstić information content (AvgIpc) is 3.21. The number of thiophene rings is 1. The van der Waals surface area contributed by atoms with Gasteiger partial charge in [0.1, 0.15) is 4.83 Å². The lowest BCUT2D eigenvalue weighted by molar-refractivity contribution is -0.137. The molecule has 0 spiro atoms. The zero-order valence-electron chi connectivity index (χ0n) is 17.9. The van der Waals surface area contributed by atoms with E-state index < -0.39 is 17.3 Å². The number of thioether (sulfide) groups is 1. The van der Waals surface area contributed by atoms with Crippen LogP contribution in [0.2, 0.25) is 0 Å². The zero-order chi connectivity index (χ0) is 23.9. The number of nitriles is 1. The lowest BCUT2D eigenvalue weighted by Gasteiger charge is -2.18. The van der Waals surface area contributed by atoms with E-state index in [0.29, 0.717) is 21.5 Å². The average molecular weight is 498 g/mol. The maximum absolute atomic E-state index is 13.9. The second kappa shape index (κ2) is 8.93. The summed E-state index contributed by atoms with van der Waals surface area (Å²) in [6.07, 6.45) is -1.08. The number of hydrogen-bond acceptors (Lipinski definition) is 5. The van der Waals surface area contributed by atoms with Crippen LogP contribution in [-0.4, -0.2) is 9.55 Å². The van der Waals surface area contributed by atoms with Crippen LogP contribution < -0.4 is 5.56 Å². The summed E-state index contributed by atoms with van der Waals surface area (Å²) >= 11 is 2.62. The predicted molar refractivity (Wildman–Crippen MR) is 128 cm³/mol. The van der Waals surface area contributed by atoms with Gasteiger partial charge < -0.3 is 0 Å². The van der Waals surface area contributed by atoms with Crippen molar-refractivity contribution in [3.8, 4) is 11.8 Å². The molecule has 1 aliphatic rings. The van der Waals surface area contributed by atoms with Crippen molar-refractivity contribution in [1.82, 2.24) is 9.55 Å². The van der Waals surface area contributed by atoms with Crippen LogP contribution in [0.5, 0.6) is 0 Å². The third-order valence-electron chi connectivity index (χ3n) is 5.90. The van der Waals surface area contributed by atoms with Gasteiger partial charge in [-0.25, -0.2) is 4.98 Å². The number of halogens is 3. The normalized spacial score (nSPS) is 13.6. The monoisotopic (exact) mass is 497 g/mol. The van der Waals surface area contributed by atoms with Gasteiger partial charge in [0.2, 0.25) is 0 Å². The fourth-order valence-corrected chi connectivity index (χ4v) is 6.61. The third kappa shape index (κ3) is 4.01. The van der Waals surface area contributed by atoms with Gasteiger partial charge in [0, 0.05) is 10.6 Å². The molecule has 0 atom stereocenters. The molecule has 0 saturated heterocycles. The van der Waals surface area contributed by atoms with Gasteiger partial charge in [-0.1, -0.05) is 42.1 Å². The Hall–Kier alpha value is -3.09. The molecule has 2 aromatic heterocycles. The number of rotatable bonds is 4. The van der Waals surface area contributed by atoms with Gasteiger partial charge in [-0.3, -0.25) is 9.36 Å². The van der Waals surface area contributed by atoms with Crippen molar-refractivity contribution < 1.29 is 13.2 Å². The number of hydrogen-bond donors (Lipinski definition) is 0. The molecule has 0 unspecified atom stereocenters. The highest BCUT2D eigenvalue weighted by Crippen LogP contribution is 2.38. The van der Waals surface area contributed by atoms with E-state index in [0.717, 1.165) is 64.1 Å². The largest absolute Gasteiger partial charge is 0.418 e. The Balaban J connectivity index is 1.73. The minimum absolute atomic E-state index is 0.181. The lowest BCUT2D eigenvalue weighted by Crippen LogP contribution is -2.25. The summed E-state index contributed by atoms with van der Waals surface area (Å²) in [4.78, 5) is 20.2. The molecule has 9 heteroatoms. The molecule has 1 aliphatic carbocycles. The molecule has 0 bridgehead atoms. The third-order valence-corrected chi connectivity index (χ3v) is 8.08. The second-order valence-electron chi connectivity index (χ2n) is 8.00. The lowest BCUT2D eigenvalue weighted by atomic mass is 9.97. The van der Waals surface area contributed by atoms with Gasteiger partial charge in [-0.05, 0) is 55.0 Å². The van der Waals surface area contributed by atoms with E-state index in [-0.39, 0.29) is 10.8 Å². The smallest absolute Gasteiger partial charge is 0.268 e. The van der Waals surface area contributed by atoms with Crippen LogP contribution in [0, 0.1) is 11.3 Å². The molecule has 34 heavy (non-hydrogen) atoms. The van der Waals surface area contributed by atoms with Gasteiger partial charge in [0.05, 0.1) is 28.3 Å². The SMILES string of the molecule is N#Cc1ccccc1CSc1nc2sc3c(c2c(=O)n1-c1ccccc1C(F)(F)F)CCCC3. The molecule has 0 radical (unpaired) electrons. The number of benzene rings is 2. The summed E-state index contributed by atoms with van der Waals surface area (Å²) in [5.74, 6) is 0.293. The highest BCUT2D eigenvalue weighted by atomic mass is 32.2. The maximum Gasteiger partial charge on any atom is 0.418 e. The molecule has 172 valence electrons. The van der Waals surface area contributed by atoms with Crippen LogP contribution in [0.15, 0.2) is 58.5 Å². The minimum atomic E-state index is -4.63.